The van der Waals surface area contributed by atoms with Gasteiger partial charge in [-0.1, -0.05) is 13.8 Å². The Kier molecular flexibility index (Phi) is 3.69. The summed E-state index contributed by atoms with van der Waals surface area (Å²) in [4.78, 5) is 16.4. The maximum absolute atomic E-state index is 12.3. The maximum atomic E-state index is 12.3. The fourth-order valence-corrected chi connectivity index (χ4v) is 2.20. The molecular weight excluding hydrogens is 202 g/mol. The monoisotopic (exact) mass is 225 g/mol. The van der Waals surface area contributed by atoms with Gasteiger partial charge < -0.3 is 15.1 Å². The molecule has 4 nitrogen and oxygen atoms in total. The molecule has 2 aliphatic rings. The summed E-state index contributed by atoms with van der Waals surface area (Å²) in [5.74, 6) is 0.562. The van der Waals surface area contributed by atoms with E-state index in [-0.39, 0.29) is 6.03 Å². The van der Waals surface area contributed by atoms with Gasteiger partial charge in [0.05, 0.1) is 0 Å². The van der Waals surface area contributed by atoms with Gasteiger partial charge in [-0.2, -0.15) is 0 Å². The van der Waals surface area contributed by atoms with E-state index in [2.05, 4.69) is 24.1 Å². The van der Waals surface area contributed by atoms with Crippen LogP contribution in [0.3, 0.4) is 0 Å². The van der Waals surface area contributed by atoms with Crippen LogP contribution < -0.4 is 5.32 Å². The van der Waals surface area contributed by atoms with Gasteiger partial charge in [0.1, 0.15) is 0 Å². The number of piperazine rings is 1. The van der Waals surface area contributed by atoms with Crippen LogP contribution in [0.4, 0.5) is 4.79 Å². The van der Waals surface area contributed by atoms with Gasteiger partial charge in [0.25, 0.3) is 0 Å². The number of nitrogens with one attached hydrogen (secondary N) is 1. The molecule has 1 saturated heterocycles. The third-order valence-corrected chi connectivity index (χ3v) is 3.18. The molecule has 4 heteroatoms. The average molecular weight is 225 g/mol. The molecule has 92 valence electrons. The number of amides is 2. The Balaban J connectivity index is 1.92. The van der Waals surface area contributed by atoms with Crippen molar-refractivity contribution in [3.63, 3.8) is 0 Å². The zero-order chi connectivity index (χ0) is 11.5. The zero-order valence-electron chi connectivity index (χ0n) is 10.4. The zero-order valence-corrected chi connectivity index (χ0v) is 10.4. The van der Waals surface area contributed by atoms with Crippen molar-refractivity contribution in [2.45, 2.75) is 32.7 Å². The van der Waals surface area contributed by atoms with E-state index in [4.69, 9.17) is 0 Å². The Morgan fingerprint density at radius 3 is 2.50 bits per heavy atom. The third kappa shape index (κ3) is 2.88. The highest BCUT2D eigenvalue weighted by Gasteiger charge is 2.35. The van der Waals surface area contributed by atoms with Crippen LogP contribution in [0.5, 0.6) is 0 Å². The normalized spacial score (nSPS) is 21.3. The van der Waals surface area contributed by atoms with E-state index < -0.39 is 0 Å². The lowest BCUT2D eigenvalue weighted by molar-refractivity contribution is 0.138. The van der Waals surface area contributed by atoms with Crippen LogP contribution in [0, 0.1) is 5.92 Å². The Morgan fingerprint density at radius 2 is 2.00 bits per heavy atom. The van der Waals surface area contributed by atoms with E-state index in [1.165, 1.54) is 12.8 Å². The largest absolute Gasteiger partial charge is 0.322 e. The Labute approximate surface area is 98.0 Å². The minimum Gasteiger partial charge on any atom is -0.322 e. The molecule has 0 radical (unpaired) electrons. The van der Waals surface area contributed by atoms with Crippen molar-refractivity contribution in [3.8, 4) is 0 Å². The van der Waals surface area contributed by atoms with Crippen molar-refractivity contribution < 1.29 is 4.79 Å². The molecule has 2 rings (SSSR count). The molecule has 1 N–H and O–H groups in total. The van der Waals surface area contributed by atoms with Gasteiger partial charge in [0.2, 0.25) is 0 Å². The van der Waals surface area contributed by atoms with Gasteiger partial charge in [0, 0.05) is 38.8 Å². The minimum atomic E-state index is 0.262. The quantitative estimate of drug-likeness (QED) is 0.781. The summed E-state index contributed by atoms with van der Waals surface area (Å²) in [7, 11) is 0. The average Bonchev–Trinajstić information content (AvgIpc) is 3.10. The molecule has 0 aromatic heterocycles. The first-order valence-electron chi connectivity index (χ1n) is 6.44. The van der Waals surface area contributed by atoms with Gasteiger partial charge in [-0.05, 0) is 18.8 Å². The van der Waals surface area contributed by atoms with Crippen LogP contribution in [0.15, 0.2) is 0 Å². The van der Waals surface area contributed by atoms with E-state index in [1.54, 1.807) is 0 Å². The van der Waals surface area contributed by atoms with Gasteiger partial charge in [0.15, 0.2) is 0 Å². The Morgan fingerprint density at radius 1 is 1.38 bits per heavy atom. The van der Waals surface area contributed by atoms with Crippen molar-refractivity contribution >= 4 is 6.03 Å². The number of hydrogen-bond donors (Lipinski definition) is 1. The molecule has 0 aromatic rings. The maximum Gasteiger partial charge on any atom is 0.320 e. The van der Waals surface area contributed by atoms with Crippen LogP contribution in [0.25, 0.3) is 0 Å². The number of nitrogens with zero attached hydrogens (tertiary/aromatic N) is 2. The van der Waals surface area contributed by atoms with Crippen LogP contribution >= 0.6 is 0 Å². The van der Waals surface area contributed by atoms with Gasteiger partial charge in [-0.3, -0.25) is 0 Å². The molecule has 1 aliphatic heterocycles. The second-order valence-electron chi connectivity index (χ2n) is 5.30. The van der Waals surface area contributed by atoms with E-state index in [9.17, 15) is 4.79 Å². The number of carbonyl (C=O) groups is 1. The molecule has 2 fully saturated rings. The Hall–Kier alpha value is -0.770. The van der Waals surface area contributed by atoms with Gasteiger partial charge in [-0.25, -0.2) is 4.79 Å². The van der Waals surface area contributed by atoms with Crippen molar-refractivity contribution in [2.75, 3.05) is 32.7 Å². The summed E-state index contributed by atoms with van der Waals surface area (Å²) in [5, 5.41) is 3.28. The van der Waals surface area contributed by atoms with Gasteiger partial charge in [-0.15, -0.1) is 0 Å². The van der Waals surface area contributed by atoms with E-state index in [1.807, 2.05) is 4.90 Å². The van der Waals surface area contributed by atoms with E-state index >= 15 is 0 Å². The number of carbonyl (C=O) groups excluding carboxylic acids is 1. The summed E-state index contributed by atoms with van der Waals surface area (Å²) in [5.41, 5.74) is 0. The van der Waals surface area contributed by atoms with Crippen molar-refractivity contribution in [3.05, 3.63) is 0 Å². The molecule has 0 unspecified atom stereocenters. The van der Waals surface area contributed by atoms with E-state index in [0.717, 1.165) is 32.7 Å². The molecule has 0 atom stereocenters. The lowest BCUT2D eigenvalue weighted by Gasteiger charge is -2.34. The lowest BCUT2D eigenvalue weighted by Crippen LogP contribution is -2.52. The second kappa shape index (κ2) is 5.04. The molecule has 0 aromatic carbocycles. The van der Waals surface area contributed by atoms with Crippen LogP contribution in [-0.2, 0) is 0 Å². The molecule has 2 amide bonds. The predicted octanol–water partition coefficient (Wildman–Crippen LogP) is 1.13. The van der Waals surface area contributed by atoms with Crippen molar-refractivity contribution in [1.29, 1.82) is 0 Å². The van der Waals surface area contributed by atoms with Crippen LogP contribution in [-0.4, -0.2) is 54.6 Å². The molecule has 1 heterocycles. The first-order valence-corrected chi connectivity index (χ1v) is 6.44. The number of urea groups is 1. The van der Waals surface area contributed by atoms with E-state index in [0.29, 0.717) is 12.0 Å². The fraction of sp³-hybridized carbons (Fsp3) is 0.917. The summed E-state index contributed by atoms with van der Waals surface area (Å²) < 4.78 is 0. The SMILES string of the molecule is CC(C)CN(C(=O)N1CCNCC1)C1CC1. The summed E-state index contributed by atoms with van der Waals surface area (Å²) >= 11 is 0. The molecule has 1 aliphatic carbocycles. The smallest absolute Gasteiger partial charge is 0.320 e. The van der Waals surface area contributed by atoms with Crippen LogP contribution in [0.2, 0.25) is 0 Å². The fourth-order valence-electron chi connectivity index (χ4n) is 2.20. The summed E-state index contributed by atoms with van der Waals surface area (Å²) in [6.45, 7) is 8.87. The van der Waals surface area contributed by atoms with Crippen molar-refractivity contribution in [2.24, 2.45) is 5.92 Å². The molecular formula is C12H23N3O. The number of rotatable bonds is 3. The highest BCUT2D eigenvalue weighted by molar-refractivity contribution is 5.75. The second-order valence-corrected chi connectivity index (χ2v) is 5.30. The molecule has 0 spiro atoms. The number of hydrogen-bond acceptors (Lipinski definition) is 2. The topological polar surface area (TPSA) is 35.6 Å². The first-order chi connectivity index (χ1) is 7.68. The molecule has 0 bridgehead atoms. The first kappa shape index (κ1) is 11.7. The standard InChI is InChI=1S/C12H23N3O/c1-10(2)9-15(11-3-4-11)12(16)14-7-5-13-6-8-14/h10-11,13H,3-9H2,1-2H3. The third-order valence-electron chi connectivity index (χ3n) is 3.18. The highest BCUT2D eigenvalue weighted by atomic mass is 16.2. The predicted molar refractivity (Wildman–Crippen MR) is 64.4 cm³/mol. The molecule has 16 heavy (non-hydrogen) atoms. The summed E-state index contributed by atoms with van der Waals surface area (Å²) in [6, 6.07) is 0.794. The molecule has 1 saturated carbocycles. The Bertz CT molecular complexity index is 245. The lowest BCUT2D eigenvalue weighted by atomic mass is 10.2. The van der Waals surface area contributed by atoms with Gasteiger partial charge >= 0.3 is 6.03 Å². The minimum absolute atomic E-state index is 0.262. The van der Waals surface area contributed by atoms with Crippen molar-refractivity contribution in [1.82, 2.24) is 15.1 Å². The van der Waals surface area contributed by atoms with Crippen LogP contribution in [0.1, 0.15) is 26.7 Å². The summed E-state index contributed by atoms with van der Waals surface area (Å²) in [6.07, 6.45) is 2.40. The highest BCUT2D eigenvalue weighted by Crippen LogP contribution is 2.28.